The minimum atomic E-state index is -0.283. The summed E-state index contributed by atoms with van der Waals surface area (Å²) in [7, 11) is 0. The molecule has 5 heteroatoms. The second-order valence-corrected chi connectivity index (χ2v) is 5.80. The van der Waals surface area contributed by atoms with E-state index in [1.54, 1.807) is 12.1 Å². The van der Waals surface area contributed by atoms with Gasteiger partial charge in [0, 0.05) is 17.0 Å². The van der Waals surface area contributed by atoms with Gasteiger partial charge in [0.2, 0.25) is 5.91 Å². The van der Waals surface area contributed by atoms with Crippen molar-refractivity contribution in [2.45, 2.75) is 31.7 Å². The van der Waals surface area contributed by atoms with E-state index < -0.39 is 0 Å². The van der Waals surface area contributed by atoms with Crippen LogP contribution in [-0.4, -0.2) is 11.4 Å². The number of nitrogens with one attached hydrogen (secondary N) is 1. The number of benzene rings is 1. The highest BCUT2D eigenvalue weighted by atomic mass is 35.5. The van der Waals surface area contributed by atoms with Crippen LogP contribution in [0.5, 0.6) is 0 Å². The lowest BCUT2D eigenvalue weighted by atomic mass is 9.91. The topological polar surface area (TPSA) is 29.1 Å². The van der Waals surface area contributed by atoms with Gasteiger partial charge in [-0.05, 0) is 37.5 Å². The summed E-state index contributed by atoms with van der Waals surface area (Å²) < 4.78 is 0. The molecule has 1 atom stereocenters. The lowest BCUT2D eigenvalue weighted by Crippen LogP contribution is -2.40. The van der Waals surface area contributed by atoms with Crippen molar-refractivity contribution in [1.82, 2.24) is 5.32 Å². The molecule has 0 spiro atoms. The molecule has 2 nitrogen and oxygen atoms in total. The van der Waals surface area contributed by atoms with Crippen LogP contribution in [-0.2, 0) is 11.2 Å². The quantitative estimate of drug-likeness (QED) is 0.824. The van der Waals surface area contributed by atoms with Crippen molar-refractivity contribution in [1.29, 1.82) is 0 Å². The van der Waals surface area contributed by atoms with Crippen LogP contribution in [0.25, 0.3) is 0 Å². The highest BCUT2D eigenvalue weighted by molar-refractivity contribution is 6.44. The molecule has 1 aliphatic heterocycles. The van der Waals surface area contributed by atoms with Gasteiger partial charge in [0.25, 0.3) is 0 Å². The first-order chi connectivity index (χ1) is 7.91. The smallest absolute Gasteiger partial charge is 0.220 e. The monoisotopic (exact) mass is 291 g/mol. The third-order valence-corrected chi connectivity index (χ3v) is 4.25. The maximum Gasteiger partial charge on any atom is 0.220 e. The first-order valence-corrected chi connectivity index (χ1v) is 6.48. The maximum atomic E-state index is 11.3. The largest absolute Gasteiger partial charge is 0.351 e. The lowest BCUT2D eigenvalue weighted by Gasteiger charge is -2.25. The van der Waals surface area contributed by atoms with Crippen LogP contribution < -0.4 is 5.32 Å². The van der Waals surface area contributed by atoms with E-state index in [1.165, 1.54) is 0 Å². The molecular formula is C12H12Cl3NO. The molecule has 1 aromatic rings. The highest BCUT2D eigenvalue weighted by Gasteiger charge is 2.34. The van der Waals surface area contributed by atoms with E-state index in [0.29, 0.717) is 27.9 Å². The summed E-state index contributed by atoms with van der Waals surface area (Å²) in [5.74, 6) is 0.0711. The molecule has 2 rings (SSSR count). The number of hydrogen-bond acceptors (Lipinski definition) is 1. The van der Waals surface area contributed by atoms with Gasteiger partial charge in [0.15, 0.2) is 0 Å². The second kappa shape index (κ2) is 4.68. The molecule has 0 saturated carbocycles. The number of hydrogen-bond donors (Lipinski definition) is 1. The van der Waals surface area contributed by atoms with Crippen molar-refractivity contribution in [3.8, 4) is 0 Å². The van der Waals surface area contributed by atoms with Gasteiger partial charge in [0.1, 0.15) is 0 Å². The van der Waals surface area contributed by atoms with Crippen molar-refractivity contribution >= 4 is 40.7 Å². The normalized spacial score (nSPS) is 23.9. The summed E-state index contributed by atoms with van der Waals surface area (Å²) in [6.45, 7) is 1.99. The molecule has 92 valence electrons. The number of halogens is 3. The van der Waals surface area contributed by atoms with E-state index in [4.69, 9.17) is 34.8 Å². The molecule has 1 N–H and O–H groups in total. The van der Waals surface area contributed by atoms with Gasteiger partial charge in [-0.25, -0.2) is 0 Å². The Bertz CT molecular complexity index is 475. The minimum Gasteiger partial charge on any atom is -0.351 e. The first kappa shape index (κ1) is 13.0. The summed E-state index contributed by atoms with van der Waals surface area (Å²) in [5, 5.41) is 4.50. The molecule has 1 aromatic carbocycles. The van der Waals surface area contributed by atoms with E-state index in [0.717, 1.165) is 12.0 Å². The minimum absolute atomic E-state index is 0.0711. The Morgan fingerprint density at radius 1 is 1.29 bits per heavy atom. The molecule has 17 heavy (non-hydrogen) atoms. The number of amides is 1. The van der Waals surface area contributed by atoms with E-state index in [2.05, 4.69) is 5.32 Å². The highest BCUT2D eigenvalue weighted by Crippen LogP contribution is 2.35. The van der Waals surface area contributed by atoms with Crippen LogP contribution in [0.1, 0.15) is 25.3 Å². The molecule has 1 heterocycles. The van der Waals surface area contributed by atoms with Crippen molar-refractivity contribution in [3.63, 3.8) is 0 Å². The average molecular weight is 293 g/mol. The van der Waals surface area contributed by atoms with Gasteiger partial charge in [0.05, 0.1) is 10.0 Å². The fourth-order valence-electron chi connectivity index (χ4n) is 2.10. The predicted octanol–water partition coefficient (Wildman–Crippen LogP) is 3.86. The fourth-order valence-corrected chi connectivity index (χ4v) is 2.79. The van der Waals surface area contributed by atoms with Gasteiger partial charge >= 0.3 is 0 Å². The van der Waals surface area contributed by atoms with Crippen molar-refractivity contribution in [3.05, 3.63) is 32.8 Å². The SMILES string of the molecule is CC1(Cc2c(Cl)ccc(Cl)c2Cl)CCC(=O)N1. The summed E-state index contributed by atoms with van der Waals surface area (Å²) in [5.41, 5.74) is 0.514. The molecular weight excluding hydrogens is 280 g/mol. The van der Waals surface area contributed by atoms with Crippen LogP contribution in [0.4, 0.5) is 0 Å². The van der Waals surface area contributed by atoms with Crippen LogP contribution in [0.15, 0.2) is 12.1 Å². The zero-order valence-electron chi connectivity index (χ0n) is 9.32. The van der Waals surface area contributed by atoms with E-state index in [9.17, 15) is 4.79 Å². The predicted molar refractivity (Wildman–Crippen MR) is 71.0 cm³/mol. The standard InChI is InChI=1S/C12H12Cl3NO/c1-12(5-4-10(17)16-12)6-7-8(13)2-3-9(14)11(7)15/h2-3H,4-6H2,1H3,(H,16,17). The Kier molecular flexibility index (Phi) is 3.58. The molecule has 1 saturated heterocycles. The Hall–Kier alpha value is -0.440. The van der Waals surface area contributed by atoms with Gasteiger partial charge in [-0.2, -0.15) is 0 Å². The van der Waals surface area contributed by atoms with Gasteiger partial charge in [-0.1, -0.05) is 34.8 Å². The van der Waals surface area contributed by atoms with Gasteiger partial charge < -0.3 is 5.32 Å². The third kappa shape index (κ3) is 2.70. The first-order valence-electron chi connectivity index (χ1n) is 5.35. The summed E-state index contributed by atoms with van der Waals surface area (Å²) >= 11 is 18.2. The Morgan fingerprint density at radius 2 is 1.94 bits per heavy atom. The summed E-state index contributed by atoms with van der Waals surface area (Å²) in [4.78, 5) is 11.3. The zero-order chi connectivity index (χ0) is 12.6. The van der Waals surface area contributed by atoms with Crippen LogP contribution in [0.2, 0.25) is 15.1 Å². The lowest BCUT2D eigenvalue weighted by molar-refractivity contribution is -0.119. The number of carbonyl (C=O) groups excluding carboxylic acids is 1. The molecule has 0 aliphatic carbocycles. The van der Waals surface area contributed by atoms with Crippen molar-refractivity contribution in [2.75, 3.05) is 0 Å². The average Bonchev–Trinajstić information content (AvgIpc) is 2.60. The zero-order valence-corrected chi connectivity index (χ0v) is 11.6. The van der Waals surface area contributed by atoms with Crippen LogP contribution in [0, 0.1) is 0 Å². The Balaban J connectivity index is 2.30. The summed E-state index contributed by atoms with van der Waals surface area (Å²) in [6.07, 6.45) is 1.92. The molecule has 0 radical (unpaired) electrons. The molecule has 0 bridgehead atoms. The molecule has 1 fully saturated rings. The van der Waals surface area contributed by atoms with Gasteiger partial charge in [-0.3, -0.25) is 4.79 Å². The number of rotatable bonds is 2. The van der Waals surface area contributed by atoms with Gasteiger partial charge in [-0.15, -0.1) is 0 Å². The fraction of sp³-hybridized carbons (Fsp3) is 0.417. The molecule has 0 aromatic heterocycles. The van der Waals surface area contributed by atoms with E-state index in [1.807, 2.05) is 6.92 Å². The molecule has 1 aliphatic rings. The Morgan fingerprint density at radius 3 is 2.53 bits per heavy atom. The Labute approximate surface area is 115 Å². The van der Waals surface area contributed by atoms with E-state index >= 15 is 0 Å². The molecule has 1 amide bonds. The third-order valence-electron chi connectivity index (χ3n) is 3.05. The van der Waals surface area contributed by atoms with Crippen molar-refractivity contribution < 1.29 is 4.79 Å². The number of carbonyl (C=O) groups is 1. The van der Waals surface area contributed by atoms with Crippen LogP contribution >= 0.6 is 34.8 Å². The van der Waals surface area contributed by atoms with E-state index in [-0.39, 0.29) is 11.4 Å². The maximum absolute atomic E-state index is 11.3. The van der Waals surface area contributed by atoms with Crippen LogP contribution in [0.3, 0.4) is 0 Å². The van der Waals surface area contributed by atoms with Crippen molar-refractivity contribution in [2.24, 2.45) is 0 Å². The molecule has 1 unspecified atom stereocenters. The second-order valence-electron chi connectivity index (χ2n) is 4.61. The summed E-state index contributed by atoms with van der Waals surface area (Å²) in [6, 6.07) is 3.40.